The predicted octanol–water partition coefficient (Wildman–Crippen LogP) is 0.313. The Kier molecular flexibility index (Phi) is 3.97. The maximum atomic E-state index is 12.8. The molecule has 0 aromatic rings. The Hall–Kier alpha value is -1.79. The molecule has 122 valence electrons. The molecule has 3 heterocycles. The van der Waals surface area contributed by atoms with Gasteiger partial charge in [0.2, 0.25) is 11.8 Å². The maximum Gasteiger partial charge on any atom is 0.321 e. The summed E-state index contributed by atoms with van der Waals surface area (Å²) in [6.07, 6.45) is 3.24. The van der Waals surface area contributed by atoms with Gasteiger partial charge in [-0.3, -0.25) is 9.59 Å². The molecule has 0 radical (unpaired) electrons. The normalized spacial score (nSPS) is 29.7. The standard InChI is InChI=1S/C15H24N4O3/c1-11-14(21)16(2)10-12-18(9-6-13(20)19(11)12)15(22)17-7-4-3-5-8-17/h11-12H,3-10H2,1-2H3/t11-,12+/m0/s1. The minimum atomic E-state index is -0.492. The van der Waals surface area contributed by atoms with Crippen LogP contribution in [0.2, 0.25) is 0 Å². The smallest absolute Gasteiger partial charge is 0.321 e. The fourth-order valence-corrected chi connectivity index (χ4v) is 3.73. The minimum absolute atomic E-state index is 0.0112. The number of amides is 4. The number of likely N-dealkylation sites (N-methyl/N-ethyl adjacent to an activating group) is 1. The van der Waals surface area contributed by atoms with Crippen LogP contribution in [0.15, 0.2) is 0 Å². The quantitative estimate of drug-likeness (QED) is 0.647. The van der Waals surface area contributed by atoms with E-state index >= 15 is 0 Å². The van der Waals surface area contributed by atoms with Crippen molar-refractivity contribution in [3.05, 3.63) is 0 Å². The summed E-state index contributed by atoms with van der Waals surface area (Å²) in [6.45, 7) is 4.18. The first kappa shape index (κ1) is 15.1. The summed E-state index contributed by atoms with van der Waals surface area (Å²) >= 11 is 0. The van der Waals surface area contributed by atoms with Crippen molar-refractivity contribution in [3.8, 4) is 0 Å². The molecule has 0 aromatic carbocycles. The Bertz CT molecular complexity index is 489. The zero-order valence-corrected chi connectivity index (χ0v) is 13.3. The molecular formula is C15H24N4O3. The van der Waals surface area contributed by atoms with E-state index in [9.17, 15) is 14.4 Å². The topological polar surface area (TPSA) is 64.2 Å². The summed E-state index contributed by atoms with van der Waals surface area (Å²) < 4.78 is 0. The van der Waals surface area contributed by atoms with E-state index in [0.29, 0.717) is 19.5 Å². The molecule has 3 rings (SSSR count). The number of hydrogen-bond acceptors (Lipinski definition) is 3. The number of carbonyl (C=O) groups is 3. The molecule has 3 aliphatic rings. The number of piperidine rings is 1. The average Bonchev–Trinajstić information content (AvgIpc) is 2.53. The van der Waals surface area contributed by atoms with Crippen molar-refractivity contribution < 1.29 is 14.4 Å². The lowest BCUT2D eigenvalue weighted by atomic mass is 10.1. The summed E-state index contributed by atoms with van der Waals surface area (Å²) in [5.41, 5.74) is 0. The van der Waals surface area contributed by atoms with Gasteiger partial charge in [-0.2, -0.15) is 0 Å². The third-order valence-corrected chi connectivity index (χ3v) is 5.00. The monoisotopic (exact) mass is 308 g/mol. The van der Waals surface area contributed by atoms with Crippen molar-refractivity contribution in [2.24, 2.45) is 0 Å². The van der Waals surface area contributed by atoms with E-state index in [1.54, 1.807) is 28.7 Å². The number of likely N-dealkylation sites (tertiary alicyclic amines) is 1. The molecule has 0 aromatic heterocycles. The SMILES string of the molecule is C[C@H]1C(=O)N(C)C[C@@H]2N(C(=O)N3CCCCC3)CCC(=O)N21. The number of fused-ring (bicyclic) bond motifs is 1. The van der Waals surface area contributed by atoms with Gasteiger partial charge < -0.3 is 19.6 Å². The van der Waals surface area contributed by atoms with Gasteiger partial charge in [0, 0.05) is 33.1 Å². The lowest BCUT2D eigenvalue weighted by Gasteiger charge is -2.51. The van der Waals surface area contributed by atoms with Gasteiger partial charge in [-0.15, -0.1) is 0 Å². The zero-order chi connectivity index (χ0) is 15.9. The van der Waals surface area contributed by atoms with Crippen molar-refractivity contribution in [1.29, 1.82) is 0 Å². The highest BCUT2D eigenvalue weighted by Gasteiger charge is 2.46. The summed E-state index contributed by atoms with van der Waals surface area (Å²) in [4.78, 5) is 44.1. The second kappa shape index (κ2) is 5.78. The molecule has 0 saturated carbocycles. The van der Waals surface area contributed by atoms with Crippen LogP contribution in [0.3, 0.4) is 0 Å². The van der Waals surface area contributed by atoms with Crippen molar-refractivity contribution >= 4 is 17.8 Å². The van der Waals surface area contributed by atoms with Crippen LogP contribution in [0.25, 0.3) is 0 Å². The van der Waals surface area contributed by atoms with Crippen LogP contribution in [0.1, 0.15) is 32.6 Å². The Morgan fingerprint density at radius 3 is 2.45 bits per heavy atom. The van der Waals surface area contributed by atoms with Crippen LogP contribution in [0, 0.1) is 0 Å². The molecule has 0 aliphatic carbocycles. The molecule has 7 heteroatoms. The molecule has 0 unspecified atom stereocenters. The number of urea groups is 1. The van der Waals surface area contributed by atoms with Crippen molar-refractivity contribution in [2.45, 2.75) is 44.8 Å². The zero-order valence-electron chi connectivity index (χ0n) is 13.3. The molecule has 0 bridgehead atoms. The van der Waals surface area contributed by atoms with Gasteiger partial charge >= 0.3 is 6.03 Å². The molecule has 3 saturated heterocycles. The number of hydrogen-bond donors (Lipinski definition) is 0. The molecule has 0 spiro atoms. The molecule has 3 fully saturated rings. The van der Waals surface area contributed by atoms with Crippen molar-refractivity contribution in [3.63, 3.8) is 0 Å². The fourth-order valence-electron chi connectivity index (χ4n) is 3.73. The predicted molar refractivity (Wildman–Crippen MR) is 79.9 cm³/mol. The highest BCUT2D eigenvalue weighted by molar-refractivity contribution is 5.90. The van der Waals surface area contributed by atoms with E-state index in [4.69, 9.17) is 0 Å². The number of nitrogens with zero attached hydrogens (tertiary/aromatic N) is 4. The first-order chi connectivity index (χ1) is 10.5. The molecule has 22 heavy (non-hydrogen) atoms. The first-order valence-electron chi connectivity index (χ1n) is 8.12. The van der Waals surface area contributed by atoms with Gasteiger partial charge in [0.25, 0.3) is 0 Å². The maximum absolute atomic E-state index is 12.8. The van der Waals surface area contributed by atoms with Gasteiger partial charge in [0.05, 0.1) is 6.54 Å². The van der Waals surface area contributed by atoms with E-state index in [-0.39, 0.29) is 24.0 Å². The Balaban J connectivity index is 1.81. The van der Waals surface area contributed by atoms with Crippen LogP contribution < -0.4 is 0 Å². The number of piperazine rings is 1. The Morgan fingerprint density at radius 2 is 1.77 bits per heavy atom. The largest absolute Gasteiger partial charge is 0.340 e. The average molecular weight is 308 g/mol. The fraction of sp³-hybridized carbons (Fsp3) is 0.800. The van der Waals surface area contributed by atoms with E-state index in [0.717, 1.165) is 25.9 Å². The summed E-state index contributed by atoms with van der Waals surface area (Å²) in [7, 11) is 1.73. The van der Waals surface area contributed by atoms with Crippen LogP contribution in [0.5, 0.6) is 0 Å². The summed E-state index contributed by atoms with van der Waals surface area (Å²) in [5, 5.41) is 0. The summed E-state index contributed by atoms with van der Waals surface area (Å²) in [6, 6.07) is -0.481. The van der Waals surface area contributed by atoms with E-state index in [1.165, 1.54) is 6.42 Å². The third-order valence-electron chi connectivity index (χ3n) is 5.00. The minimum Gasteiger partial charge on any atom is -0.340 e. The van der Waals surface area contributed by atoms with E-state index < -0.39 is 6.04 Å². The molecule has 0 N–H and O–H groups in total. The van der Waals surface area contributed by atoms with E-state index in [1.807, 2.05) is 4.90 Å². The Labute approximate surface area is 130 Å². The summed E-state index contributed by atoms with van der Waals surface area (Å²) in [5.74, 6) is -0.0847. The van der Waals surface area contributed by atoms with Crippen LogP contribution >= 0.6 is 0 Å². The molecule has 4 amide bonds. The van der Waals surface area contributed by atoms with Crippen LogP contribution in [0.4, 0.5) is 4.79 Å². The molecule has 2 atom stereocenters. The number of carbonyl (C=O) groups excluding carboxylic acids is 3. The second-order valence-electron chi connectivity index (χ2n) is 6.45. The second-order valence-corrected chi connectivity index (χ2v) is 6.45. The highest BCUT2D eigenvalue weighted by Crippen LogP contribution is 2.26. The highest BCUT2D eigenvalue weighted by atomic mass is 16.2. The van der Waals surface area contributed by atoms with Crippen LogP contribution in [-0.2, 0) is 9.59 Å². The van der Waals surface area contributed by atoms with Crippen molar-refractivity contribution in [1.82, 2.24) is 19.6 Å². The number of rotatable bonds is 0. The van der Waals surface area contributed by atoms with Crippen LogP contribution in [-0.4, -0.2) is 82.9 Å². The first-order valence-corrected chi connectivity index (χ1v) is 8.12. The van der Waals surface area contributed by atoms with Gasteiger partial charge in [0.15, 0.2) is 0 Å². The molecular weight excluding hydrogens is 284 g/mol. The van der Waals surface area contributed by atoms with Crippen molar-refractivity contribution in [2.75, 3.05) is 33.2 Å². The van der Waals surface area contributed by atoms with Gasteiger partial charge in [-0.25, -0.2) is 4.79 Å². The lowest BCUT2D eigenvalue weighted by Crippen LogP contribution is -2.71. The lowest BCUT2D eigenvalue weighted by molar-refractivity contribution is -0.164. The van der Waals surface area contributed by atoms with E-state index in [2.05, 4.69) is 0 Å². The van der Waals surface area contributed by atoms with Gasteiger partial charge in [-0.1, -0.05) is 0 Å². The molecule has 7 nitrogen and oxygen atoms in total. The Morgan fingerprint density at radius 1 is 1.09 bits per heavy atom. The van der Waals surface area contributed by atoms with Gasteiger partial charge in [-0.05, 0) is 26.2 Å². The molecule has 3 aliphatic heterocycles. The van der Waals surface area contributed by atoms with Gasteiger partial charge in [0.1, 0.15) is 12.2 Å². The third kappa shape index (κ3) is 2.42.